The van der Waals surface area contributed by atoms with Gasteiger partial charge < -0.3 is 44.3 Å². The number of carbonyl (C=O) groups excluding carboxylic acids is 3. The molecule has 0 bridgehead atoms. The van der Waals surface area contributed by atoms with Crippen LogP contribution in [0.15, 0.2) is 30.3 Å². The summed E-state index contributed by atoms with van der Waals surface area (Å²) in [6.45, 7) is 6.57. The Morgan fingerprint density at radius 1 is 1.04 bits per heavy atom. The largest absolute Gasteiger partial charge is 0.486 e. The van der Waals surface area contributed by atoms with Gasteiger partial charge in [-0.25, -0.2) is 4.79 Å². The van der Waals surface area contributed by atoms with Crippen LogP contribution in [-0.4, -0.2) is 83.2 Å². The van der Waals surface area contributed by atoms with Crippen LogP contribution >= 0.6 is 23.2 Å². The van der Waals surface area contributed by atoms with Crippen molar-refractivity contribution < 1.29 is 53.4 Å². The normalized spacial score (nSPS) is 21.6. The number of nitrogens with one attached hydrogen (secondary N) is 1. The van der Waals surface area contributed by atoms with Gasteiger partial charge in [0.15, 0.2) is 18.1 Å². The first kappa shape index (κ1) is 36.5. The maximum Gasteiger partial charge on any atom is 0.339 e. The van der Waals surface area contributed by atoms with Gasteiger partial charge in [0.1, 0.15) is 30.5 Å². The minimum atomic E-state index is -1.60. The van der Waals surface area contributed by atoms with Crippen LogP contribution in [-0.2, 0) is 41.7 Å². The molecule has 0 aliphatic carbocycles. The van der Waals surface area contributed by atoms with E-state index in [0.29, 0.717) is 0 Å². The van der Waals surface area contributed by atoms with Crippen LogP contribution < -0.4 is 10.1 Å². The molecule has 1 saturated heterocycles. The number of amides is 1. The van der Waals surface area contributed by atoms with Crippen molar-refractivity contribution >= 4 is 41.0 Å². The summed E-state index contributed by atoms with van der Waals surface area (Å²) in [6, 6.07) is 8.58. The standard InChI is InChI=1S/C31H39Cl2NO11/c1-16-19(29(40)44-28-26(39)25(38)21(14-35)43-30(28)41-5)12-20(32)27(24(16)33)42-15-18-8-6-7-17(11-18)13-34-22(36)9-10-23(37)45-31(2,3)4/h6-8,11-12,21,25-26,28,30,35,38-39H,9-10,13-15H2,1-5H3,(H,34,36)/t21-,25-,26+,28-,30+/m1/s1. The van der Waals surface area contributed by atoms with Gasteiger partial charge in [-0.3, -0.25) is 9.59 Å². The van der Waals surface area contributed by atoms with E-state index >= 15 is 0 Å². The summed E-state index contributed by atoms with van der Waals surface area (Å²) < 4.78 is 27.1. The summed E-state index contributed by atoms with van der Waals surface area (Å²) in [7, 11) is 1.26. The third kappa shape index (κ3) is 10.0. The minimum Gasteiger partial charge on any atom is -0.486 e. The number of methoxy groups -OCH3 is 1. The van der Waals surface area contributed by atoms with Gasteiger partial charge in [-0.1, -0.05) is 47.5 Å². The zero-order valence-corrected chi connectivity index (χ0v) is 27.2. The van der Waals surface area contributed by atoms with Gasteiger partial charge in [-0.2, -0.15) is 0 Å². The summed E-state index contributed by atoms with van der Waals surface area (Å²) in [5, 5.41) is 32.9. The summed E-state index contributed by atoms with van der Waals surface area (Å²) in [6.07, 6.45) is -6.92. The Morgan fingerprint density at radius 2 is 1.73 bits per heavy atom. The summed E-state index contributed by atoms with van der Waals surface area (Å²) in [5.74, 6) is -1.51. The van der Waals surface area contributed by atoms with Crippen LogP contribution in [0.1, 0.15) is 60.7 Å². The van der Waals surface area contributed by atoms with E-state index in [2.05, 4.69) is 5.32 Å². The van der Waals surface area contributed by atoms with Gasteiger partial charge >= 0.3 is 11.9 Å². The molecule has 14 heteroatoms. The molecule has 2 aromatic rings. The maximum atomic E-state index is 13.1. The lowest BCUT2D eigenvalue weighted by Crippen LogP contribution is -2.60. The molecule has 5 atom stereocenters. The Kier molecular flexibility index (Phi) is 13.0. The van der Waals surface area contributed by atoms with E-state index in [1.807, 2.05) is 18.2 Å². The quantitative estimate of drug-likeness (QED) is 0.244. The monoisotopic (exact) mass is 671 g/mol. The minimum absolute atomic E-state index is 0.00567. The highest BCUT2D eigenvalue weighted by Crippen LogP contribution is 2.39. The molecule has 0 aromatic heterocycles. The molecule has 1 heterocycles. The number of aliphatic hydroxyl groups is 3. The number of rotatable bonds is 12. The van der Waals surface area contributed by atoms with Crippen molar-refractivity contribution in [1.29, 1.82) is 0 Å². The third-order valence-corrected chi connectivity index (χ3v) is 7.52. The number of ether oxygens (including phenoxy) is 5. The molecule has 248 valence electrons. The van der Waals surface area contributed by atoms with E-state index in [1.165, 1.54) is 13.2 Å². The lowest BCUT2D eigenvalue weighted by atomic mass is 9.99. The third-order valence-electron chi connectivity index (χ3n) is 6.78. The van der Waals surface area contributed by atoms with Crippen molar-refractivity contribution in [3.05, 3.63) is 62.6 Å². The van der Waals surface area contributed by atoms with Gasteiger partial charge in [-0.05, 0) is 50.5 Å². The van der Waals surface area contributed by atoms with E-state index in [9.17, 15) is 29.7 Å². The van der Waals surface area contributed by atoms with Crippen molar-refractivity contribution in [2.45, 2.75) is 90.0 Å². The topological polar surface area (TPSA) is 170 Å². The highest BCUT2D eigenvalue weighted by Gasteiger charge is 2.47. The van der Waals surface area contributed by atoms with Crippen LogP contribution in [0.3, 0.4) is 0 Å². The molecule has 0 radical (unpaired) electrons. The molecule has 1 aliphatic rings. The number of benzene rings is 2. The molecule has 0 saturated carbocycles. The zero-order chi connectivity index (χ0) is 33.5. The lowest BCUT2D eigenvalue weighted by Gasteiger charge is -2.40. The summed E-state index contributed by atoms with van der Waals surface area (Å²) in [4.78, 5) is 37.1. The lowest BCUT2D eigenvalue weighted by molar-refractivity contribution is -0.293. The highest BCUT2D eigenvalue weighted by molar-refractivity contribution is 6.38. The van der Waals surface area contributed by atoms with Gasteiger partial charge in [0.2, 0.25) is 5.91 Å². The molecule has 1 amide bonds. The fourth-order valence-electron chi connectivity index (χ4n) is 4.48. The molecule has 0 spiro atoms. The fourth-order valence-corrected chi connectivity index (χ4v) is 5.04. The molecule has 1 aliphatic heterocycles. The van der Waals surface area contributed by atoms with E-state index in [-0.39, 0.29) is 58.8 Å². The molecular weight excluding hydrogens is 633 g/mol. The van der Waals surface area contributed by atoms with Crippen LogP contribution in [0.25, 0.3) is 0 Å². The van der Waals surface area contributed by atoms with Crippen molar-refractivity contribution in [1.82, 2.24) is 5.32 Å². The molecule has 1 fully saturated rings. The van der Waals surface area contributed by atoms with Gasteiger partial charge in [0.25, 0.3) is 0 Å². The number of carbonyl (C=O) groups is 3. The Bertz CT molecular complexity index is 1360. The smallest absolute Gasteiger partial charge is 0.339 e. The van der Waals surface area contributed by atoms with E-state index in [1.54, 1.807) is 33.8 Å². The number of aliphatic hydroxyl groups excluding tert-OH is 3. The van der Waals surface area contributed by atoms with Gasteiger partial charge in [-0.15, -0.1) is 0 Å². The second kappa shape index (κ2) is 16.0. The second-order valence-corrected chi connectivity index (χ2v) is 12.2. The Balaban J connectivity index is 1.61. The second-order valence-electron chi connectivity index (χ2n) is 11.5. The van der Waals surface area contributed by atoms with E-state index < -0.39 is 54.9 Å². The maximum absolute atomic E-state index is 13.1. The van der Waals surface area contributed by atoms with Crippen molar-refractivity contribution in [2.75, 3.05) is 13.7 Å². The SMILES string of the molecule is CO[C@H]1O[C@H](CO)[C@@H](O)[C@H](O)[C@H]1OC(=O)c1cc(Cl)c(OCc2cccc(CNC(=O)CCC(=O)OC(C)(C)C)c2)c(Cl)c1C. The number of hydrogen-bond donors (Lipinski definition) is 4. The first-order valence-electron chi connectivity index (χ1n) is 14.2. The number of esters is 2. The van der Waals surface area contributed by atoms with E-state index in [4.69, 9.17) is 46.9 Å². The average Bonchev–Trinajstić information content (AvgIpc) is 2.98. The molecular formula is C31H39Cl2NO11. The predicted molar refractivity (Wildman–Crippen MR) is 163 cm³/mol. The van der Waals surface area contributed by atoms with Crippen LogP contribution in [0.2, 0.25) is 10.0 Å². The molecule has 0 unspecified atom stereocenters. The number of hydrogen-bond acceptors (Lipinski definition) is 11. The fraction of sp³-hybridized carbons (Fsp3) is 0.516. The van der Waals surface area contributed by atoms with Crippen LogP contribution in [0, 0.1) is 6.92 Å². The van der Waals surface area contributed by atoms with Crippen LogP contribution in [0.4, 0.5) is 0 Å². The van der Waals surface area contributed by atoms with Gasteiger partial charge in [0.05, 0.1) is 28.6 Å². The van der Waals surface area contributed by atoms with Crippen LogP contribution in [0.5, 0.6) is 5.75 Å². The molecule has 3 rings (SSSR count). The molecule has 12 nitrogen and oxygen atoms in total. The first-order valence-corrected chi connectivity index (χ1v) is 14.9. The Labute approximate surface area is 271 Å². The highest BCUT2D eigenvalue weighted by atomic mass is 35.5. The average molecular weight is 673 g/mol. The zero-order valence-electron chi connectivity index (χ0n) is 25.7. The predicted octanol–water partition coefficient (Wildman–Crippen LogP) is 3.23. The molecule has 4 N–H and O–H groups in total. The van der Waals surface area contributed by atoms with E-state index in [0.717, 1.165) is 11.1 Å². The Hall–Kier alpha value is -2.97. The summed E-state index contributed by atoms with van der Waals surface area (Å²) >= 11 is 13.0. The van der Waals surface area contributed by atoms with Crippen molar-refractivity contribution in [2.24, 2.45) is 0 Å². The first-order chi connectivity index (χ1) is 21.1. The molecule has 2 aromatic carbocycles. The van der Waals surface area contributed by atoms with Crippen molar-refractivity contribution in [3.8, 4) is 5.75 Å². The number of halogens is 2. The van der Waals surface area contributed by atoms with Crippen molar-refractivity contribution in [3.63, 3.8) is 0 Å². The Morgan fingerprint density at radius 3 is 2.38 bits per heavy atom. The molecule has 45 heavy (non-hydrogen) atoms. The van der Waals surface area contributed by atoms with Gasteiger partial charge in [0, 0.05) is 20.1 Å². The summed E-state index contributed by atoms with van der Waals surface area (Å²) in [5.41, 5.74) is 1.21.